The second-order valence-corrected chi connectivity index (χ2v) is 20.9. The number of rotatable bonds is 30. The maximum absolute atomic E-state index is 10.8. The number of hydrogen-bond donors (Lipinski definition) is 2. The number of aliphatic hydroxyl groups excluding tert-OH is 2. The average molecular weight is 636 g/mol. The average Bonchev–Trinajstić information content (AvgIpc) is 2.88. The predicted molar refractivity (Wildman–Crippen MR) is 163 cm³/mol. The Bertz CT molecular complexity index is 409. The molecule has 37 heavy (non-hydrogen) atoms. The Hall–Kier alpha value is 0.639. The third-order valence-electron chi connectivity index (χ3n) is 7.63. The van der Waals surface area contributed by atoms with Gasteiger partial charge in [0.25, 0.3) is 0 Å². The minimum atomic E-state index is -3.56. The van der Waals surface area contributed by atoms with E-state index in [4.69, 9.17) is 6.15 Å². The molecule has 0 aromatic heterocycles. The van der Waals surface area contributed by atoms with Crippen molar-refractivity contribution in [1.29, 1.82) is 0 Å². The Morgan fingerprint density at radius 2 is 0.676 bits per heavy atom. The van der Waals surface area contributed by atoms with Crippen LogP contribution in [0.2, 0.25) is 8.87 Å². The monoisotopic (exact) mass is 636 g/mol. The molecular weight excluding hydrogens is 567 g/mol. The van der Waals surface area contributed by atoms with Gasteiger partial charge in [0.2, 0.25) is 0 Å². The summed E-state index contributed by atoms with van der Waals surface area (Å²) >= 11 is -3.56. The first kappa shape index (κ1) is 37.6. The fraction of sp³-hybridized carbons (Fsp3) is 1.00. The summed E-state index contributed by atoms with van der Waals surface area (Å²) in [5.41, 5.74) is 0. The van der Waals surface area contributed by atoms with Crippen LogP contribution in [-0.4, -0.2) is 42.0 Å². The van der Waals surface area contributed by atoms with Gasteiger partial charge in [-0.3, -0.25) is 0 Å². The van der Waals surface area contributed by atoms with Gasteiger partial charge in [0.05, 0.1) is 0 Å². The molecule has 0 aromatic rings. The van der Waals surface area contributed by atoms with Gasteiger partial charge in [-0.05, 0) is 0 Å². The number of unbranched alkanes of at least 4 members (excludes halogenated alkanes) is 18. The Morgan fingerprint density at radius 1 is 0.405 bits per heavy atom. The van der Waals surface area contributed by atoms with Crippen molar-refractivity contribution >= 4 is 19.2 Å². The molecule has 2 unspecified atom stereocenters. The predicted octanol–water partition coefficient (Wildman–Crippen LogP) is 10.5. The Balaban J connectivity index is 4.47. The van der Waals surface area contributed by atoms with Crippen LogP contribution in [0, 0.1) is 0 Å². The van der Waals surface area contributed by atoms with Crippen molar-refractivity contribution in [3.63, 3.8) is 0 Å². The summed E-state index contributed by atoms with van der Waals surface area (Å²) in [4.78, 5) is 0. The molecule has 0 aliphatic rings. The number of hydrogen-bond acceptors (Lipinski definition) is 4. The van der Waals surface area contributed by atoms with Gasteiger partial charge in [0.1, 0.15) is 0 Å². The van der Waals surface area contributed by atoms with Crippen molar-refractivity contribution in [3.05, 3.63) is 0 Å². The minimum absolute atomic E-state index is 0.699. The second kappa shape index (κ2) is 28.2. The van der Waals surface area contributed by atoms with Gasteiger partial charge in [-0.2, -0.15) is 0 Å². The number of aliphatic hydroxyl groups is 2. The molecule has 0 saturated carbocycles. The molecular formula is C32H68O4Sn. The van der Waals surface area contributed by atoms with Gasteiger partial charge in [0.15, 0.2) is 0 Å². The third kappa shape index (κ3) is 24.2. The maximum atomic E-state index is 10.8. The molecule has 0 rings (SSSR count). The standard InChI is InChI=1S/2C12H25O2.2C4H9.Sn/c2*1-2-3-4-5-6-7-8-9-10-11-12(13)14;2*1-3-4-2;/h2*12-13H,2-11H2,1H3;2*1,3-4H2,2H3;/q2*-1;;;+2. The van der Waals surface area contributed by atoms with Gasteiger partial charge in [-0.25, -0.2) is 0 Å². The Labute approximate surface area is 238 Å². The summed E-state index contributed by atoms with van der Waals surface area (Å²) < 4.78 is 14.8. The zero-order valence-electron chi connectivity index (χ0n) is 25.8. The fourth-order valence-electron chi connectivity index (χ4n) is 5.15. The van der Waals surface area contributed by atoms with Gasteiger partial charge in [0, 0.05) is 0 Å². The van der Waals surface area contributed by atoms with E-state index >= 15 is 0 Å². The van der Waals surface area contributed by atoms with Crippen molar-refractivity contribution in [2.24, 2.45) is 0 Å². The topological polar surface area (TPSA) is 58.9 Å². The smallest absolute Gasteiger partial charge is 0.0654 e. The SMILES string of the molecule is CCCCCCCCCCCC(O)[O][Sn]([CH2]CCC)([CH2]CCC)[O]C(O)CCCCCCCCCCC. The Kier molecular flexibility index (Phi) is 28.7. The van der Waals surface area contributed by atoms with Crippen LogP contribution >= 0.6 is 0 Å². The van der Waals surface area contributed by atoms with Crippen LogP contribution in [0.1, 0.15) is 182 Å². The molecule has 0 saturated heterocycles. The zero-order chi connectivity index (χ0) is 27.5. The minimum Gasteiger partial charge on any atom is -0.0654 e. The van der Waals surface area contributed by atoms with Crippen molar-refractivity contribution in [2.45, 2.75) is 203 Å². The molecule has 0 aromatic carbocycles. The molecule has 0 amide bonds. The molecule has 0 fully saturated rings. The molecule has 0 radical (unpaired) electrons. The normalized spacial score (nSPS) is 13.8. The van der Waals surface area contributed by atoms with E-state index in [0.29, 0.717) is 12.8 Å². The van der Waals surface area contributed by atoms with E-state index in [0.717, 1.165) is 47.4 Å². The molecule has 0 aliphatic heterocycles. The summed E-state index contributed by atoms with van der Waals surface area (Å²) in [7, 11) is 0. The first-order valence-electron chi connectivity index (χ1n) is 16.7. The molecule has 5 heteroatoms. The third-order valence-corrected chi connectivity index (χ3v) is 18.0. The van der Waals surface area contributed by atoms with E-state index < -0.39 is 31.8 Å². The van der Waals surface area contributed by atoms with E-state index in [2.05, 4.69) is 27.7 Å². The van der Waals surface area contributed by atoms with Crippen LogP contribution in [0.15, 0.2) is 0 Å². The molecule has 2 N–H and O–H groups in total. The summed E-state index contributed by atoms with van der Waals surface area (Å²) in [5.74, 6) is 0. The van der Waals surface area contributed by atoms with Crippen molar-refractivity contribution < 1.29 is 16.4 Å². The summed E-state index contributed by atoms with van der Waals surface area (Å²) in [6, 6.07) is 0. The quantitative estimate of drug-likeness (QED) is 0.0469. The summed E-state index contributed by atoms with van der Waals surface area (Å²) in [5, 5.41) is 21.6. The van der Waals surface area contributed by atoms with E-state index in [-0.39, 0.29) is 0 Å². The van der Waals surface area contributed by atoms with Crippen LogP contribution < -0.4 is 0 Å². The van der Waals surface area contributed by atoms with Gasteiger partial charge >= 0.3 is 225 Å². The van der Waals surface area contributed by atoms with Crippen LogP contribution in [0.5, 0.6) is 0 Å². The molecule has 224 valence electrons. The van der Waals surface area contributed by atoms with Crippen molar-refractivity contribution in [1.82, 2.24) is 0 Å². The molecule has 0 spiro atoms. The summed E-state index contributed by atoms with van der Waals surface area (Å²) in [6.07, 6.45) is 27.3. The van der Waals surface area contributed by atoms with Crippen LogP contribution in [0.25, 0.3) is 0 Å². The first-order valence-corrected chi connectivity index (χ1v) is 23.1. The van der Waals surface area contributed by atoms with Crippen molar-refractivity contribution in [2.75, 3.05) is 0 Å². The van der Waals surface area contributed by atoms with E-state index in [1.54, 1.807) is 0 Å². The Morgan fingerprint density at radius 3 is 0.973 bits per heavy atom. The molecule has 0 heterocycles. The molecule has 0 aliphatic carbocycles. The van der Waals surface area contributed by atoms with Crippen LogP contribution in [-0.2, 0) is 6.15 Å². The molecule has 0 bridgehead atoms. The van der Waals surface area contributed by atoms with E-state index in [9.17, 15) is 10.2 Å². The zero-order valence-corrected chi connectivity index (χ0v) is 28.6. The van der Waals surface area contributed by atoms with E-state index in [1.807, 2.05) is 0 Å². The fourth-order valence-corrected chi connectivity index (χ4v) is 16.0. The van der Waals surface area contributed by atoms with Crippen LogP contribution in [0.4, 0.5) is 0 Å². The molecule has 2 atom stereocenters. The van der Waals surface area contributed by atoms with E-state index in [1.165, 1.54) is 103 Å². The van der Waals surface area contributed by atoms with Crippen LogP contribution in [0.3, 0.4) is 0 Å². The second-order valence-electron chi connectivity index (χ2n) is 11.5. The van der Waals surface area contributed by atoms with Crippen molar-refractivity contribution in [3.8, 4) is 0 Å². The van der Waals surface area contributed by atoms with Gasteiger partial charge in [-0.15, -0.1) is 0 Å². The van der Waals surface area contributed by atoms with Gasteiger partial charge < -0.3 is 0 Å². The van der Waals surface area contributed by atoms with Gasteiger partial charge in [-0.1, -0.05) is 13.8 Å². The summed E-state index contributed by atoms with van der Waals surface area (Å²) in [6.45, 7) is 8.93. The first-order chi connectivity index (χ1) is 18.0. The molecule has 4 nitrogen and oxygen atoms in total.